The monoisotopic (exact) mass is 241 g/mol. The van der Waals surface area contributed by atoms with Gasteiger partial charge in [0.2, 0.25) is 0 Å². The maximum absolute atomic E-state index is 12.4. The van der Waals surface area contributed by atoms with Gasteiger partial charge in [0.15, 0.2) is 5.78 Å². The Bertz CT molecular complexity index is 301. The number of hydrogen-bond donors (Lipinski definition) is 0. The van der Waals surface area contributed by atoms with E-state index in [4.69, 9.17) is 4.74 Å². The van der Waals surface area contributed by atoms with Gasteiger partial charge in [-0.1, -0.05) is 6.42 Å². The first kappa shape index (κ1) is 14.2. The Morgan fingerprint density at radius 1 is 1.53 bits per heavy atom. The summed E-state index contributed by atoms with van der Waals surface area (Å²) < 4.78 is 5.03. The molecule has 2 atom stereocenters. The lowest BCUT2D eigenvalue weighted by molar-refractivity contribution is -0.163. The summed E-state index contributed by atoms with van der Waals surface area (Å²) in [7, 11) is 3.90. The number of Topliss-reactive ketones (excluding diaryl/α,β-unsaturated/α-hetero) is 1. The van der Waals surface area contributed by atoms with E-state index in [0.717, 1.165) is 12.8 Å². The molecular weight excluding hydrogens is 218 g/mol. The lowest BCUT2D eigenvalue weighted by atomic mass is 9.69. The number of ketones is 1. The Hall–Kier alpha value is -0.900. The molecule has 0 saturated heterocycles. The number of hydrogen-bond acceptors (Lipinski definition) is 4. The molecule has 1 saturated carbocycles. The largest absolute Gasteiger partial charge is 0.465 e. The van der Waals surface area contributed by atoms with Crippen LogP contribution in [0.15, 0.2) is 0 Å². The third kappa shape index (κ3) is 3.06. The summed E-state index contributed by atoms with van der Waals surface area (Å²) in [5.41, 5.74) is -0.922. The van der Waals surface area contributed by atoms with E-state index in [1.165, 1.54) is 0 Å². The average molecular weight is 241 g/mol. The molecule has 0 aromatic carbocycles. The first-order chi connectivity index (χ1) is 7.91. The Morgan fingerprint density at radius 3 is 2.71 bits per heavy atom. The highest BCUT2D eigenvalue weighted by molar-refractivity contribution is 6.05. The predicted octanol–water partition coefficient (Wildman–Crippen LogP) is 1.49. The van der Waals surface area contributed by atoms with Crippen molar-refractivity contribution in [3.05, 3.63) is 0 Å². The topological polar surface area (TPSA) is 46.6 Å². The van der Waals surface area contributed by atoms with Crippen molar-refractivity contribution in [1.82, 2.24) is 4.90 Å². The van der Waals surface area contributed by atoms with Gasteiger partial charge in [-0.25, -0.2) is 0 Å². The quantitative estimate of drug-likeness (QED) is 0.552. The molecule has 0 N–H and O–H groups in total. The molecule has 1 fully saturated rings. The number of carbonyl (C=O) groups is 2. The Balaban J connectivity index is 2.79. The second kappa shape index (κ2) is 5.63. The number of ether oxygens (including phenoxy) is 1. The average Bonchev–Trinajstić information content (AvgIpc) is 2.24. The van der Waals surface area contributed by atoms with E-state index in [0.29, 0.717) is 19.6 Å². The van der Waals surface area contributed by atoms with Gasteiger partial charge in [-0.2, -0.15) is 0 Å². The maximum atomic E-state index is 12.4. The molecule has 4 nitrogen and oxygen atoms in total. The first-order valence-electron chi connectivity index (χ1n) is 6.28. The lowest BCUT2D eigenvalue weighted by Gasteiger charge is -2.35. The third-order valence-corrected chi connectivity index (χ3v) is 3.46. The first-order valence-corrected chi connectivity index (χ1v) is 6.28. The molecule has 1 rings (SSSR count). The van der Waals surface area contributed by atoms with E-state index in [9.17, 15) is 9.59 Å². The van der Waals surface area contributed by atoms with Gasteiger partial charge in [0.05, 0.1) is 6.61 Å². The highest BCUT2D eigenvalue weighted by Crippen LogP contribution is 2.37. The van der Waals surface area contributed by atoms with Gasteiger partial charge in [0, 0.05) is 12.5 Å². The fourth-order valence-corrected chi connectivity index (χ4v) is 2.51. The molecule has 0 aliphatic heterocycles. The lowest BCUT2D eigenvalue weighted by Crippen LogP contribution is -2.47. The molecule has 1 aliphatic rings. The van der Waals surface area contributed by atoms with Crippen molar-refractivity contribution in [3.8, 4) is 0 Å². The minimum atomic E-state index is -0.922. The zero-order valence-corrected chi connectivity index (χ0v) is 11.3. The summed E-state index contributed by atoms with van der Waals surface area (Å²) in [6.45, 7) is 4.55. The van der Waals surface area contributed by atoms with Gasteiger partial charge < -0.3 is 9.64 Å². The van der Waals surface area contributed by atoms with Crippen LogP contribution in [-0.2, 0) is 14.3 Å². The molecule has 0 bridgehead atoms. The summed E-state index contributed by atoms with van der Waals surface area (Å²) in [5, 5.41) is 0. The Morgan fingerprint density at radius 2 is 2.18 bits per heavy atom. The summed E-state index contributed by atoms with van der Waals surface area (Å²) in [6, 6.07) is 0. The molecule has 1 aliphatic carbocycles. The van der Waals surface area contributed by atoms with E-state index < -0.39 is 5.41 Å². The second-order valence-corrected chi connectivity index (χ2v) is 5.27. The van der Waals surface area contributed by atoms with Crippen molar-refractivity contribution in [3.63, 3.8) is 0 Å². The molecule has 4 heteroatoms. The van der Waals surface area contributed by atoms with Crippen molar-refractivity contribution in [2.24, 2.45) is 11.3 Å². The zero-order valence-electron chi connectivity index (χ0n) is 11.3. The van der Waals surface area contributed by atoms with Gasteiger partial charge >= 0.3 is 5.97 Å². The Labute approximate surface area is 103 Å². The maximum Gasteiger partial charge on any atom is 0.319 e. The van der Waals surface area contributed by atoms with Crippen molar-refractivity contribution < 1.29 is 14.3 Å². The van der Waals surface area contributed by atoms with Crippen molar-refractivity contribution in [2.75, 3.05) is 27.2 Å². The molecule has 0 radical (unpaired) electrons. The van der Waals surface area contributed by atoms with Gasteiger partial charge in [0.25, 0.3) is 0 Å². The van der Waals surface area contributed by atoms with Crippen LogP contribution in [-0.4, -0.2) is 43.9 Å². The molecule has 0 aromatic heterocycles. The van der Waals surface area contributed by atoms with Crippen LogP contribution < -0.4 is 0 Å². The number of rotatable bonds is 4. The molecule has 17 heavy (non-hydrogen) atoms. The molecule has 0 amide bonds. The van der Waals surface area contributed by atoms with Crippen molar-refractivity contribution >= 4 is 11.8 Å². The van der Waals surface area contributed by atoms with E-state index in [1.807, 2.05) is 19.0 Å². The normalized spacial score (nSPS) is 29.5. The summed E-state index contributed by atoms with van der Waals surface area (Å²) in [5.74, 6) is -0.336. The summed E-state index contributed by atoms with van der Waals surface area (Å²) in [4.78, 5) is 26.3. The van der Waals surface area contributed by atoms with E-state index in [1.54, 1.807) is 13.8 Å². The van der Waals surface area contributed by atoms with Gasteiger partial charge in [-0.15, -0.1) is 0 Å². The number of esters is 1. The van der Waals surface area contributed by atoms with E-state index in [2.05, 4.69) is 0 Å². The Kier molecular flexibility index (Phi) is 4.69. The highest BCUT2D eigenvalue weighted by atomic mass is 16.5. The van der Waals surface area contributed by atoms with Crippen LogP contribution in [0.3, 0.4) is 0 Å². The van der Waals surface area contributed by atoms with E-state index >= 15 is 0 Å². The van der Waals surface area contributed by atoms with Crippen LogP contribution >= 0.6 is 0 Å². The standard InChI is InChI=1S/C13H23NO3/c1-5-17-12(16)13(2)8-6-7-10(11(13)15)9-14(3)4/h10H,5-9H2,1-4H3. The third-order valence-electron chi connectivity index (χ3n) is 3.46. The molecular formula is C13H23NO3. The molecule has 98 valence electrons. The molecule has 0 heterocycles. The minimum Gasteiger partial charge on any atom is -0.465 e. The van der Waals surface area contributed by atoms with Gasteiger partial charge in [-0.3, -0.25) is 9.59 Å². The van der Waals surface area contributed by atoms with Crippen LogP contribution in [0.5, 0.6) is 0 Å². The van der Waals surface area contributed by atoms with Crippen LogP contribution in [0.1, 0.15) is 33.1 Å². The molecule has 0 aromatic rings. The number of nitrogens with zero attached hydrogens (tertiary/aromatic N) is 1. The predicted molar refractivity (Wildman–Crippen MR) is 65.6 cm³/mol. The van der Waals surface area contributed by atoms with Crippen LogP contribution in [0.2, 0.25) is 0 Å². The fraction of sp³-hybridized carbons (Fsp3) is 0.846. The summed E-state index contributed by atoms with van der Waals surface area (Å²) >= 11 is 0. The van der Waals surface area contributed by atoms with Crippen LogP contribution in [0.25, 0.3) is 0 Å². The highest BCUT2D eigenvalue weighted by Gasteiger charge is 2.47. The number of carbonyl (C=O) groups excluding carboxylic acids is 2. The van der Waals surface area contributed by atoms with Crippen molar-refractivity contribution in [1.29, 1.82) is 0 Å². The van der Waals surface area contributed by atoms with Crippen LogP contribution in [0.4, 0.5) is 0 Å². The zero-order chi connectivity index (χ0) is 13.1. The SMILES string of the molecule is CCOC(=O)C1(C)CCCC(CN(C)C)C1=O. The summed E-state index contributed by atoms with van der Waals surface area (Å²) in [6.07, 6.45) is 2.42. The minimum absolute atomic E-state index is 0.0341. The molecule has 2 unspecified atom stereocenters. The van der Waals surface area contributed by atoms with E-state index in [-0.39, 0.29) is 17.7 Å². The van der Waals surface area contributed by atoms with Gasteiger partial charge in [-0.05, 0) is 40.8 Å². The fourth-order valence-electron chi connectivity index (χ4n) is 2.51. The van der Waals surface area contributed by atoms with Crippen molar-refractivity contribution in [2.45, 2.75) is 33.1 Å². The van der Waals surface area contributed by atoms with Crippen LogP contribution in [0, 0.1) is 11.3 Å². The smallest absolute Gasteiger partial charge is 0.319 e. The molecule has 0 spiro atoms. The second-order valence-electron chi connectivity index (χ2n) is 5.27. The van der Waals surface area contributed by atoms with Gasteiger partial charge in [0.1, 0.15) is 5.41 Å².